The SMILES string of the molecule is CCCCC(Br)Br.CN1CCCC1. The highest BCUT2D eigenvalue weighted by atomic mass is 79.9. The molecule has 0 aromatic rings. The normalized spacial score (nSPS) is 17.3. The monoisotopic (exact) mass is 313 g/mol. The Labute approximate surface area is 99.5 Å². The Morgan fingerprint density at radius 2 is 1.77 bits per heavy atom. The van der Waals surface area contributed by atoms with Crippen molar-refractivity contribution in [3.05, 3.63) is 0 Å². The summed E-state index contributed by atoms with van der Waals surface area (Å²) in [5.74, 6) is 0. The predicted molar refractivity (Wildman–Crippen MR) is 67.9 cm³/mol. The summed E-state index contributed by atoms with van der Waals surface area (Å²) in [6.07, 6.45) is 6.65. The molecule has 0 aliphatic carbocycles. The molecule has 0 spiro atoms. The average Bonchev–Trinajstić information content (AvgIpc) is 2.53. The lowest BCUT2D eigenvalue weighted by molar-refractivity contribution is 0.418. The number of likely N-dealkylation sites (tertiary alicyclic amines) is 1. The molecule has 0 saturated carbocycles. The lowest BCUT2D eigenvalue weighted by Crippen LogP contribution is -2.10. The van der Waals surface area contributed by atoms with E-state index in [-0.39, 0.29) is 0 Å². The van der Waals surface area contributed by atoms with E-state index in [0.29, 0.717) is 3.74 Å². The molecule has 0 bridgehead atoms. The van der Waals surface area contributed by atoms with Crippen LogP contribution in [0, 0.1) is 0 Å². The van der Waals surface area contributed by atoms with Crippen molar-refractivity contribution in [1.82, 2.24) is 4.90 Å². The second-order valence-electron chi connectivity index (χ2n) is 3.54. The van der Waals surface area contributed by atoms with E-state index >= 15 is 0 Å². The first kappa shape index (κ1) is 13.9. The van der Waals surface area contributed by atoms with Crippen LogP contribution in [0.4, 0.5) is 0 Å². The summed E-state index contributed by atoms with van der Waals surface area (Å²) in [6, 6.07) is 0. The van der Waals surface area contributed by atoms with Crippen molar-refractivity contribution in [1.29, 1.82) is 0 Å². The summed E-state index contributed by atoms with van der Waals surface area (Å²) < 4.78 is 0.528. The molecule has 0 amide bonds. The zero-order valence-corrected chi connectivity index (χ0v) is 11.9. The van der Waals surface area contributed by atoms with Crippen LogP contribution in [0.2, 0.25) is 0 Å². The number of nitrogens with zero attached hydrogens (tertiary/aromatic N) is 1. The Morgan fingerprint density at radius 3 is 1.92 bits per heavy atom. The zero-order chi connectivity index (χ0) is 10.1. The Bertz CT molecular complexity index is 101. The maximum Gasteiger partial charge on any atom is 0.0697 e. The molecule has 1 aliphatic heterocycles. The van der Waals surface area contributed by atoms with Gasteiger partial charge in [-0.3, -0.25) is 0 Å². The largest absolute Gasteiger partial charge is 0.306 e. The lowest BCUT2D eigenvalue weighted by atomic mass is 10.3. The van der Waals surface area contributed by atoms with E-state index in [1.54, 1.807) is 0 Å². The number of rotatable bonds is 3. The van der Waals surface area contributed by atoms with Gasteiger partial charge < -0.3 is 4.90 Å². The minimum Gasteiger partial charge on any atom is -0.306 e. The third kappa shape index (κ3) is 10.8. The molecule has 0 aromatic heterocycles. The van der Waals surface area contributed by atoms with Gasteiger partial charge in [-0.15, -0.1) is 0 Å². The standard InChI is InChI=1S/C5H10Br2.C5H11N/c1-2-3-4-5(6)7;1-6-4-2-3-5-6/h5H,2-4H2,1H3;2-5H2,1H3. The van der Waals surface area contributed by atoms with E-state index in [1.165, 1.54) is 45.2 Å². The summed E-state index contributed by atoms with van der Waals surface area (Å²) >= 11 is 6.78. The van der Waals surface area contributed by atoms with Gasteiger partial charge in [-0.25, -0.2) is 0 Å². The number of alkyl halides is 2. The third-order valence-electron chi connectivity index (χ3n) is 2.11. The van der Waals surface area contributed by atoms with E-state index < -0.39 is 0 Å². The molecule has 0 radical (unpaired) electrons. The fourth-order valence-corrected chi connectivity index (χ4v) is 1.88. The third-order valence-corrected chi connectivity index (χ3v) is 3.02. The summed E-state index contributed by atoms with van der Waals surface area (Å²) in [6.45, 7) is 4.84. The maximum atomic E-state index is 3.39. The van der Waals surface area contributed by atoms with E-state index in [2.05, 4.69) is 50.7 Å². The van der Waals surface area contributed by atoms with Gasteiger partial charge in [-0.05, 0) is 39.4 Å². The quantitative estimate of drug-likeness (QED) is 0.712. The molecule has 13 heavy (non-hydrogen) atoms. The van der Waals surface area contributed by atoms with Gasteiger partial charge in [-0.2, -0.15) is 0 Å². The van der Waals surface area contributed by atoms with Gasteiger partial charge >= 0.3 is 0 Å². The van der Waals surface area contributed by atoms with Gasteiger partial charge in [-0.1, -0.05) is 51.6 Å². The van der Waals surface area contributed by atoms with Crippen LogP contribution in [-0.4, -0.2) is 28.8 Å². The molecule has 1 heterocycles. The molecule has 0 atom stereocenters. The summed E-state index contributed by atoms with van der Waals surface area (Å²) in [4.78, 5) is 2.36. The van der Waals surface area contributed by atoms with Crippen molar-refractivity contribution in [2.45, 2.75) is 42.8 Å². The van der Waals surface area contributed by atoms with Crippen molar-refractivity contribution in [2.75, 3.05) is 20.1 Å². The highest BCUT2D eigenvalue weighted by Crippen LogP contribution is 2.14. The number of unbranched alkanes of at least 4 members (excludes halogenated alkanes) is 1. The second-order valence-corrected chi connectivity index (χ2v) is 6.98. The lowest BCUT2D eigenvalue weighted by Gasteiger charge is -2.01. The molecule has 1 nitrogen and oxygen atoms in total. The molecule has 3 heteroatoms. The van der Waals surface area contributed by atoms with Gasteiger partial charge in [0.1, 0.15) is 0 Å². The van der Waals surface area contributed by atoms with Crippen LogP contribution >= 0.6 is 31.9 Å². The first-order valence-corrected chi connectivity index (χ1v) is 6.96. The number of hydrogen-bond acceptors (Lipinski definition) is 1. The fourth-order valence-electron chi connectivity index (χ4n) is 1.23. The van der Waals surface area contributed by atoms with E-state index in [0.717, 1.165) is 0 Å². The molecule has 1 saturated heterocycles. The van der Waals surface area contributed by atoms with Crippen LogP contribution in [0.15, 0.2) is 0 Å². The average molecular weight is 315 g/mol. The Kier molecular flexibility index (Phi) is 10.1. The van der Waals surface area contributed by atoms with Crippen molar-refractivity contribution >= 4 is 31.9 Å². The van der Waals surface area contributed by atoms with Crippen LogP contribution in [0.3, 0.4) is 0 Å². The highest BCUT2D eigenvalue weighted by molar-refractivity contribution is 9.24. The summed E-state index contributed by atoms with van der Waals surface area (Å²) in [7, 11) is 2.17. The van der Waals surface area contributed by atoms with Crippen LogP contribution in [0.25, 0.3) is 0 Å². The second kappa shape index (κ2) is 9.47. The topological polar surface area (TPSA) is 3.24 Å². The van der Waals surface area contributed by atoms with Crippen molar-refractivity contribution in [3.8, 4) is 0 Å². The van der Waals surface area contributed by atoms with Gasteiger partial charge in [0.15, 0.2) is 0 Å². The number of hydrogen-bond donors (Lipinski definition) is 0. The maximum absolute atomic E-state index is 3.39. The molecule has 0 unspecified atom stereocenters. The molecule has 80 valence electrons. The fraction of sp³-hybridized carbons (Fsp3) is 1.00. The summed E-state index contributed by atoms with van der Waals surface area (Å²) in [5, 5.41) is 0. The molecule has 0 aromatic carbocycles. The van der Waals surface area contributed by atoms with Crippen LogP contribution in [-0.2, 0) is 0 Å². The van der Waals surface area contributed by atoms with Crippen molar-refractivity contribution in [2.24, 2.45) is 0 Å². The van der Waals surface area contributed by atoms with Gasteiger partial charge in [0.05, 0.1) is 3.74 Å². The van der Waals surface area contributed by atoms with Gasteiger partial charge in [0.2, 0.25) is 0 Å². The molecule has 1 fully saturated rings. The van der Waals surface area contributed by atoms with Crippen molar-refractivity contribution in [3.63, 3.8) is 0 Å². The van der Waals surface area contributed by atoms with Gasteiger partial charge in [0.25, 0.3) is 0 Å². The minimum atomic E-state index is 0.528. The van der Waals surface area contributed by atoms with Crippen molar-refractivity contribution < 1.29 is 0 Å². The first-order valence-electron chi connectivity index (χ1n) is 5.13. The molecular weight excluding hydrogens is 294 g/mol. The molecule has 0 N–H and O–H groups in total. The molecule has 1 aliphatic rings. The Hall–Kier alpha value is 0.920. The van der Waals surface area contributed by atoms with E-state index in [1.807, 2.05) is 0 Å². The Morgan fingerprint density at radius 1 is 1.23 bits per heavy atom. The van der Waals surface area contributed by atoms with Gasteiger partial charge in [0, 0.05) is 0 Å². The van der Waals surface area contributed by atoms with E-state index in [9.17, 15) is 0 Å². The zero-order valence-electron chi connectivity index (χ0n) is 8.73. The molecule has 1 rings (SSSR count). The minimum absolute atomic E-state index is 0.528. The molecular formula is C10H21Br2N. The van der Waals surface area contributed by atoms with Crippen LogP contribution in [0.1, 0.15) is 39.0 Å². The summed E-state index contributed by atoms with van der Waals surface area (Å²) in [5.41, 5.74) is 0. The Balaban J connectivity index is 0.000000223. The first-order chi connectivity index (χ1) is 6.16. The predicted octanol–water partition coefficient (Wildman–Crippen LogP) is 4.00. The smallest absolute Gasteiger partial charge is 0.0697 e. The van der Waals surface area contributed by atoms with Crippen LogP contribution < -0.4 is 0 Å². The highest BCUT2D eigenvalue weighted by Gasteiger charge is 2.03. The number of halogens is 2. The van der Waals surface area contributed by atoms with Crippen LogP contribution in [0.5, 0.6) is 0 Å². The van der Waals surface area contributed by atoms with E-state index in [4.69, 9.17) is 0 Å².